The monoisotopic (exact) mass is 356 g/mol. The average Bonchev–Trinajstić information content (AvgIpc) is 3.21. The number of likely N-dealkylation sites (tertiary alicyclic amines) is 1. The van der Waals surface area contributed by atoms with E-state index in [1.807, 2.05) is 13.1 Å². The summed E-state index contributed by atoms with van der Waals surface area (Å²) in [6.45, 7) is 6.52. The van der Waals surface area contributed by atoms with Crippen LogP contribution < -0.4 is 21.3 Å². The maximum atomic E-state index is 5.71. The van der Waals surface area contributed by atoms with Crippen molar-refractivity contribution in [2.75, 3.05) is 36.4 Å². The topological polar surface area (TPSA) is 82.6 Å². The highest BCUT2D eigenvalue weighted by Gasteiger charge is 2.31. The van der Waals surface area contributed by atoms with E-state index in [1.54, 1.807) is 0 Å². The van der Waals surface area contributed by atoms with E-state index in [1.165, 1.54) is 5.69 Å². The first-order chi connectivity index (χ1) is 12.7. The molecule has 2 aliphatic heterocycles. The molecule has 0 saturated carbocycles. The number of aromatic nitrogens is 1. The minimum Gasteiger partial charge on any atom is -0.444 e. The van der Waals surface area contributed by atoms with Crippen LogP contribution in [0.25, 0.3) is 0 Å². The molecule has 7 nitrogen and oxygen atoms in total. The standard InChI is InChI=1S/C19H28N6O/c1-14-21-12-16(26-14)13-25-18-5-3-2-4-17(18)23-19(25)22-15-6-9-24(10-7-15)11-8-20/h2-5,12,15,19,22-23H,6-11,13,20H2,1H3. The number of aryl methyl sites for hydroxylation is 1. The lowest BCUT2D eigenvalue weighted by atomic mass is 10.1. The molecule has 1 fully saturated rings. The van der Waals surface area contributed by atoms with Crippen LogP contribution in [0.3, 0.4) is 0 Å². The van der Waals surface area contributed by atoms with Gasteiger partial charge in [0.1, 0.15) is 5.76 Å². The lowest BCUT2D eigenvalue weighted by molar-refractivity contribution is 0.196. The largest absolute Gasteiger partial charge is 0.444 e. The number of piperidine rings is 1. The Kier molecular flexibility index (Phi) is 5.10. The molecule has 26 heavy (non-hydrogen) atoms. The van der Waals surface area contributed by atoms with Gasteiger partial charge in [0, 0.05) is 26.1 Å². The van der Waals surface area contributed by atoms with E-state index < -0.39 is 0 Å². The van der Waals surface area contributed by atoms with Gasteiger partial charge in [-0.25, -0.2) is 4.98 Å². The summed E-state index contributed by atoms with van der Waals surface area (Å²) in [5.41, 5.74) is 8.03. The second-order valence-corrected chi connectivity index (χ2v) is 7.11. The molecule has 0 spiro atoms. The van der Waals surface area contributed by atoms with Gasteiger partial charge in [0.25, 0.3) is 0 Å². The summed E-state index contributed by atoms with van der Waals surface area (Å²) in [7, 11) is 0. The van der Waals surface area contributed by atoms with Gasteiger partial charge in [-0.1, -0.05) is 12.1 Å². The van der Waals surface area contributed by atoms with E-state index >= 15 is 0 Å². The highest BCUT2D eigenvalue weighted by molar-refractivity contribution is 5.75. The number of nitrogens with zero attached hydrogens (tertiary/aromatic N) is 3. The molecule has 7 heteroatoms. The van der Waals surface area contributed by atoms with Crippen LogP contribution in [0.5, 0.6) is 0 Å². The van der Waals surface area contributed by atoms with Gasteiger partial charge in [0.2, 0.25) is 0 Å². The van der Waals surface area contributed by atoms with Crippen LogP contribution in [0.15, 0.2) is 34.9 Å². The fourth-order valence-electron chi connectivity index (χ4n) is 3.89. The Labute approximate surface area is 154 Å². The fraction of sp³-hybridized carbons (Fsp3) is 0.526. The average molecular weight is 356 g/mol. The molecule has 0 bridgehead atoms. The smallest absolute Gasteiger partial charge is 0.191 e. The third kappa shape index (κ3) is 3.70. The number of benzene rings is 1. The molecule has 1 atom stereocenters. The van der Waals surface area contributed by atoms with E-state index in [0.717, 1.165) is 50.5 Å². The van der Waals surface area contributed by atoms with Crippen molar-refractivity contribution >= 4 is 11.4 Å². The Morgan fingerprint density at radius 2 is 2.12 bits per heavy atom. The molecule has 4 rings (SSSR count). The lowest BCUT2D eigenvalue weighted by Crippen LogP contribution is -2.54. The molecule has 1 aromatic carbocycles. The van der Waals surface area contributed by atoms with Gasteiger partial charge in [-0.15, -0.1) is 0 Å². The quantitative estimate of drug-likeness (QED) is 0.727. The Hall–Kier alpha value is -2.09. The molecule has 0 aliphatic carbocycles. The molecule has 2 aliphatic rings. The molecule has 2 aromatic rings. The zero-order valence-electron chi connectivity index (χ0n) is 15.3. The number of nitrogens with one attached hydrogen (secondary N) is 2. The van der Waals surface area contributed by atoms with Gasteiger partial charge >= 0.3 is 0 Å². The first-order valence-corrected chi connectivity index (χ1v) is 9.45. The van der Waals surface area contributed by atoms with Crippen molar-refractivity contribution in [2.24, 2.45) is 5.73 Å². The number of nitrogens with two attached hydrogens (primary N) is 1. The second kappa shape index (κ2) is 7.65. The normalized spacial score (nSPS) is 21.0. The van der Waals surface area contributed by atoms with Crippen molar-refractivity contribution in [3.63, 3.8) is 0 Å². The molecule has 1 unspecified atom stereocenters. The van der Waals surface area contributed by atoms with E-state index in [9.17, 15) is 0 Å². The van der Waals surface area contributed by atoms with Gasteiger partial charge in [-0.2, -0.15) is 0 Å². The number of rotatable bonds is 6. The van der Waals surface area contributed by atoms with Gasteiger partial charge in [-0.3, -0.25) is 5.32 Å². The van der Waals surface area contributed by atoms with Crippen molar-refractivity contribution in [1.29, 1.82) is 0 Å². The van der Waals surface area contributed by atoms with Gasteiger partial charge in [0.15, 0.2) is 12.2 Å². The molecular weight excluding hydrogens is 328 g/mol. The van der Waals surface area contributed by atoms with E-state index in [-0.39, 0.29) is 6.29 Å². The van der Waals surface area contributed by atoms with Crippen LogP contribution in [0.2, 0.25) is 0 Å². The predicted molar refractivity (Wildman–Crippen MR) is 103 cm³/mol. The summed E-state index contributed by atoms with van der Waals surface area (Å²) in [4.78, 5) is 9.00. The van der Waals surface area contributed by atoms with Crippen molar-refractivity contribution < 1.29 is 4.42 Å². The fourth-order valence-corrected chi connectivity index (χ4v) is 3.89. The highest BCUT2D eigenvalue weighted by atomic mass is 16.4. The Balaban J connectivity index is 1.44. The zero-order chi connectivity index (χ0) is 17.9. The Bertz CT molecular complexity index is 724. The molecule has 4 N–H and O–H groups in total. The Morgan fingerprint density at radius 3 is 2.85 bits per heavy atom. The number of hydrogen-bond acceptors (Lipinski definition) is 7. The van der Waals surface area contributed by atoms with Crippen LogP contribution >= 0.6 is 0 Å². The summed E-state index contributed by atoms with van der Waals surface area (Å²) in [5.74, 6) is 1.59. The molecule has 3 heterocycles. The van der Waals surface area contributed by atoms with Crippen molar-refractivity contribution in [3.05, 3.63) is 42.1 Å². The number of hydrogen-bond donors (Lipinski definition) is 3. The third-order valence-corrected chi connectivity index (χ3v) is 5.24. The van der Waals surface area contributed by atoms with Crippen LogP contribution in [0.4, 0.5) is 11.4 Å². The van der Waals surface area contributed by atoms with Crippen molar-refractivity contribution in [3.8, 4) is 0 Å². The van der Waals surface area contributed by atoms with Crippen LogP contribution in [0.1, 0.15) is 24.5 Å². The van der Waals surface area contributed by atoms with Gasteiger partial charge in [0.05, 0.1) is 24.1 Å². The summed E-state index contributed by atoms with van der Waals surface area (Å²) < 4.78 is 5.71. The lowest BCUT2D eigenvalue weighted by Gasteiger charge is -2.36. The number of fused-ring (bicyclic) bond motifs is 1. The minimum atomic E-state index is 0.0591. The molecular formula is C19H28N6O. The zero-order valence-corrected chi connectivity index (χ0v) is 15.3. The van der Waals surface area contributed by atoms with Crippen LogP contribution in [-0.2, 0) is 6.54 Å². The minimum absolute atomic E-state index is 0.0591. The van der Waals surface area contributed by atoms with Gasteiger partial charge < -0.3 is 25.3 Å². The first-order valence-electron chi connectivity index (χ1n) is 9.45. The highest BCUT2D eigenvalue weighted by Crippen LogP contribution is 2.35. The molecule has 1 aromatic heterocycles. The molecule has 0 amide bonds. The summed E-state index contributed by atoms with van der Waals surface area (Å²) in [5, 5.41) is 7.41. The number of anilines is 2. The van der Waals surface area contributed by atoms with E-state index in [0.29, 0.717) is 18.5 Å². The first kappa shape index (κ1) is 17.3. The number of para-hydroxylation sites is 2. The predicted octanol–water partition coefficient (Wildman–Crippen LogP) is 1.71. The molecule has 0 radical (unpaired) electrons. The van der Waals surface area contributed by atoms with Crippen molar-refractivity contribution in [2.45, 2.75) is 38.6 Å². The molecule has 1 saturated heterocycles. The summed E-state index contributed by atoms with van der Waals surface area (Å²) >= 11 is 0. The van der Waals surface area contributed by atoms with E-state index in [4.69, 9.17) is 10.2 Å². The number of oxazole rings is 1. The Morgan fingerprint density at radius 1 is 1.31 bits per heavy atom. The SMILES string of the molecule is Cc1ncc(CN2c3ccccc3NC2NC2CCN(CCN)CC2)o1. The summed E-state index contributed by atoms with van der Waals surface area (Å²) in [6, 6.07) is 8.91. The maximum Gasteiger partial charge on any atom is 0.191 e. The third-order valence-electron chi connectivity index (χ3n) is 5.24. The van der Waals surface area contributed by atoms with Crippen LogP contribution in [0, 0.1) is 6.92 Å². The second-order valence-electron chi connectivity index (χ2n) is 7.11. The van der Waals surface area contributed by atoms with Crippen LogP contribution in [-0.4, -0.2) is 48.4 Å². The van der Waals surface area contributed by atoms with E-state index in [2.05, 4.69) is 49.7 Å². The van der Waals surface area contributed by atoms with Gasteiger partial charge in [-0.05, 0) is 38.1 Å². The maximum absolute atomic E-state index is 5.71. The summed E-state index contributed by atoms with van der Waals surface area (Å²) in [6.07, 6.45) is 4.16. The van der Waals surface area contributed by atoms with Crippen molar-refractivity contribution in [1.82, 2.24) is 15.2 Å². The molecule has 140 valence electrons.